The minimum Gasteiger partial charge on any atom is -0.387 e. The molecule has 0 aliphatic carbocycles. The van der Waals surface area contributed by atoms with Gasteiger partial charge in [0.1, 0.15) is 12.1 Å². The summed E-state index contributed by atoms with van der Waals surface area (Å²) >= 11 is 3.34. The first-order valence-electron chi connectivity index (χ1n) is 8.49. The number of nitrogens with zero attached hydrogens (tertiary/aromatic N) is 3. The molecule has 0 saturated carbocycles. The standard InChI is InChI=1S/C18H21N3OS2/c22-15(16-6-4-9-23-16)11-13-5-2-1-3-8-21(13)18-17-14(7-10-24-17)19-12-20-18/h4,6-7,9-10,12-13,15,22H,1-3,5,8,11H2. The molecular formula is C18H21N3OS2. The molecule has 24 heavy (non-hydrogen) atoms. The Morgan fingerprint density at radius 2 is 2.12 bits per heavy atom. The van der Waals surface area contributed by atoms with Gasteiger partial charge in [-0.2, -0.15) is 0 Å². The van der Waals surface area contributed by atoms with E-state index in [2.05, 4.69) is 26.3 Å². The Morgan fingerprint density at radius 3 is 3.00 bits per heavy atom. The zero-order valence-corrected chi connectivity index (χ0v) is 15.1. The van der Waals surface area contributed by atoms with Crippen molar-refractivity contribution >= 4 is 38.7 Å². The highest BCUT2D eigenvalue weighted by Gasteiger charge is 2.27. The lowest BCUT2D eigenvalue weighted by molar-refractivity contribution is 0.158. The molecule has 6 heteroatoms. The number of rotatable bonds is 4. The predicted molar refractivity (Wildman–Crippen MR) is 101 cm³/mol. The zero-order chi connectivity index (χ0) is 16.4. The molecule has 2 unspecified atom stereocenters. The van der Waals surface area contributed by atoms with Crippen molar-refractivity contribution in [3.05, 3.63) is 40.2 Å². The van der Waals surface area contributed by atoms with Crippen molar-refractivity contribution in [2.24, 2.45) is 0 Å². The smallest absolute Gasteiger partial charge is 0.150 e. The minimum atomic E-state index is -0.392. The maximum Gasteiger partial charge on any atom is 0.150 e. The molecule has 0 spiro atoms. The molecule has 4 rings (SSSR count). The molecule has 3 aromatic heterocycles. The molecular weight excluding hydrogens is 338 g/mol. The third kappa shape index (κ3) is 3.18. The summed E-state index contributed by atoms with van der Waals surface area (Å²) in [6, 6.07) is 6.41. The van der Waals surface area contributed by atoms with Crippen LogP contribution < -0.4 is 4.90 Å². The fraction of sp³-hybridized carbons (Fsp3) is 0.444. The van der Waals surface area contributed by atoms with Gasteiger partial charge in [-0.3, -0.25) is 0 Å². The highest BCUT2D eigenvalue weighted by molar-refractivity contribution is 7.17. The minimum absolute atomic E-state index is 0.324. The van der Waals surface area contributed by atoms with Crippen molar-refractivity contribution < 1.29 is 5.11 Å². The molecule has 1 aliphatic rings. The molecule has 1 N–H and O–H groups in total. The SMILES string of the molecule is OC(CC1CCCCCN1c1ncnc2ccsc12)c1cccs1. The van der Waals surface area contributed by atoms with Gasteiger partial charge >= 0.3 is 0 Å². The van der Waals surface area contributed by atoms with E-state index in [9.17, 15) is 5.11 Å². The van der Waals surface area contributed by atoms with Crippen LogP contribution >= 0.6 is 22.7 Å². The van der Waals surface area contributed by atoms with Crippen LogP contribution in [0.15, 0.2) is 35.3 Å². The molecule has 2 atom stereocenters. The Morgan fingerprint density at radius 1 is 1.17 bits per heavy atom. The van der Waals surface area contributed by atoms with Gasteiger partial charge in [0.15, 0.2) is 0 Å². The van der Waals surface area contributed by atoms with Gasteiger partial charge in [0.2, 0.25) is 0 Å². The largest absolute Gasteiger partial charge is 0.387 e. The summed E-state index contributed by atoms with van der Waals surface area (Å²) in [6.07, 6.45) is 6.80. The van der Waals surface area contributed by atoms with Gasteiger partial charge in [-0.15, -0.1) is 22.7 Å². The van der Waals surface area contributed by atoms with Crippen molar-refractivity contribution in [2.45, 2.75) is 44.2 Å². The maximum atomic E-state index is 10.6. The van der Waals surface area contributed by atoms with E-state index in [4.69, 9.17) is 0 Å². The van der Waals surface area contributed by atoms with Crippen LogP contribution in [0.25, 0.3) is 10.2 Å². The van der Waals surface area contributed by atoms with E-state index >= 15 is 0 Å². The topological polar surface area (TPSA) is 49.2 Å². The summed E-state index contributed by atoms with van der Waals surface area (Å²) in [7, 11) is 0. The quantitative estimate of drug-likeness (QED) is 0.738. The number of aliphatic hydroxyl groups is 1. The van der Waals surface area contributed by atoms with Crippen LogP contribution in [0.3, 0.4) is 0 Å². The van der Waals surface area contributed by atoms with Gasteiger partial charge in [0.25, 0.3) is 0 Å². The monoisotopic (exact) mass is 359 g/mol. The van der Waals surface area contributed by atoms with E-state index in [1.807, 2.05) is 17.5 Å². The first-order chi connectivity index (χ1) is 11.8. The summed E-state index contributed by atoms with van der Waals surface area (Å²) in [6.45, 7) is 1.01. The van der Waals surface area contributed by atoms with E-state index in [1.54, 1.807) is 29.0 Å². The Balaban J connectivity index is 1.64. The molecule has 126 valence electrons. The summed E-state index contributed by atoms with van der Waals surface area (Å²) in [5, 5.41) is 14.8. The number of aromatic nitrogens is 2. The third-order valence-corrected chi connectivity index (χ3v) is 6.61. The van der Waals surface area contributed by atoms with Crippen LogP contribution in [-0.2, 0) is 0 Å². The molecule has 1 saturated heterocycles. The number of hydrogen-bond acceptors (Lipinski definition) is 6. The van der Waals surface area contributed by atoms with Crippen LogP contribution in [0.5, 0.6) is 0 Å². The van der Waals surface area contributed by atoms with E-state index in [0.717, 1.165) is 40.3 Å². The van der Waals surface area contributed by atoms with Crippen LogP contribution in [0.4, 0.5) is 5.82 Å². The highest BCUT2D eigenvalue weighted by Crippen LogP contribution is 2.35. The Hall–Kier alpha value is -1.50. The normalized spacial score (nSPS) is 20.2. The predicted octanol–water partition coefficient (Wildman–Crippen LogP) is 4.63. The number of anilines is 1. The molecule has 0 bridgehead atoms. The first kappa shape index (κ1) is 16.0. The molecule has 0 amide bonds. The average Bonchev–Trinajstić information content (AvgIpc) is 3.24. The van der Waals surface area contributed by atoms with Crippen molar-refractivity contribution in [3.63, 3.8) is 0 Å². The number of thiophene rings is 2. The number of hydrogen-bond donors (Lipinski definition) is 1. The molecule has 4 heterocycles. The van der Waals surface area contributed by atoms with Gasteiger partial charge < -0.3 is 10.0 Å². The van der Waals surface area contributed by atoms with Gasteiger partial charge in [0.05, 0.1) is 16.3 Å². The Labute approximate surface area is 149 Å². The summed E-state index contributed by atoms with van der Waals surface area (Å²) in [5.74, 6) is 1.04. The van der Waals surface area contributed by atoms with Crippen LogP contribution in [-0.4, -0.2) is 27.7 Å². The van der Waals surface area contributed by atoms with E-state index in [-0.39, 0.29) is 0 Å². The lowest BCUT2D eigenvalue weighted by atomic mass is 10.0. The second kappa shape index (κ2) is 7.17. The number of aliphatic hydroxyl groups excluding tert-OH is 1. The molecule has 3 aromatic rings. The molecule has 0 radical (unpaired) electrons. The number of fused-ring (bicyclic) bond motifs is 1. The lowest BCUT2D eigenvalue weighted by Gasteiger charge is -2.32. The third-order valence-electron chi connectivity index (χ3n) is 4.74. The van der Waals surface area contributed by atoms with E-state index in [0.29, 0.717) is 6.04 Å². The fourth-order valence-electron chi connectivity index (χ4n) is 3.54. The second-order valence-corrected chi connectivity index (χ2v) is 8.19. The molecule has 4 nitrogen and oxygen atoms in total. The second-order valence-electron chi connectivity index (χ2n) is 6.30. The first-order valence-corrected chi connectivity index (χ1v) is 10.2. The summed E-state index contributed by atoms with van der Waals surface area (Å²) in [4.78, 5) is 12.5. The average molecular weight is 360 g/mol. The Bertz CT molecular complexity index is 787. The van der Waals surface area contributed by atoms with Crippen molar-refractivity contribution in [1.29, 1.82) is 0 Å². The van der Waals surface area contributed by atoms with Gasteiger partial charge in [0, 0.05) is 17.5 Å². The lowest BCUT2D eigenvalue weighted by Crippen LogP contribution is -2.36. The van der Waals surface area contributed by atoms with Crippen molar-refractivity contribution in [3.8, 4) is 0 Å². The maximum absolute atomic E-state index is 10.6. The van der Waals surface area contributed by atoms with Crippen molar-refractivity contribution in [1.82, 2.24) is 9.97 Å². The van der Waals surface area contributed by atoms with E-state index < -0.39 is 6.10 Å². The van der Waals surface area contributed by atoms with Crippen LogP contribution in [0, 0.1) is 0 Å². The molecule has 1 fully saturated rings. The fourth-order valence-corrected chi connectivity index (χ4v) is 5.11. The van der Waals surface area contributed by atoms with Crippen LogP contribution in [0.2, 0.25) is 0 Å². The van der Waals surface area contributed by atoms with Crippen LogP contribution in [0.1, 0.15) is 43.1 Å². The molecule has 0 aromatic carbocycles. The molecule has 1 aliphatic heterocycles. The van der Waals surface area contributed by atoms with Gasteiger partial charge in [-0.25, -0.2) is 9.97 Å². The van der Waals surface area contributed by atoms with Gasteiger partial charge in [-0.05, 0) is 42.2 Å². The van der Waals surface area contributed by atoms with E-state index in [1.165, 1.54) is 19.3 Å². The Kier molecular flexibility index (Phi) is 4.78. The zero-order valence-electron chi connectivity index (χ0n) is 13.5. The van der Waals surface area contributed by atoms with Crippen molar-refractivity contribution in [2.75, 3.05) is 11.4 Å². The van der Waals surface area contributed by atoms with Gasteiger partial charge in [-0.1, -0.05) is 18.9 Å². The summed E-state index contributed by atoms with van der Waals surface area (Å²) in [5.41, 5.74) is 1.02. The highest BCUT2D eigenvalue weighted by atomic mass is 32.1. The summed E-state index contributed by atoms with van der Waals surface area (Å²) < 4.78 is 1.16.